The minimum atomic E-state index is -0.603. The van der Waals surface area contributed by atoms with Crippen molar-refractivity contribution in [2.45, 2.75) is 13.0 Å². The Bertz CT molecular complexity index is 547. The van der Waals surface area contributed by atoms with Gasteiger partial charge in [0.2, 0.25) is 17.6 Å². The number of nitrogens with zero attached hydrogens (tertiary/aromatic N) is 1. The molecular weight excluding hydrogens is 276 g/mol. The largest absolute Gasteiger partial charge is 0.493 e. The van der Waals surface area contributed by atoms with Crippen molar-refractivity contribution in [3.8, 4) is 17.2 Å². The lowest BCUT2D eigenvalue weighted by Gasteiger charge is -2.33. The second-order valence-corrected chi connectivity index (χ2v) is 4.54. The van der Waals surface area contributed by atoms with E-state index in [4.69, 9.17) is 14.2 Å². The van der Waals surface area contributed by atoms with E-state index in [0.717, 1.165) is 0 Å². The third kappa shape index (κ3) is 2.58. The predicted octanol–water partition coefficient (Wildman–Crippen LogP) is 0.564. The van der Waals surface area contributed by atoms with E-state index >= 15 is 0 Å². The molecule has 1 aromatic carbocycles. The molecule has 21 heavy (non-hydrogen) atoms. The number of benzene rings is 1. The van der Waals surface area contributed by atoms with Crippen molar-refractivity contribution >= 4 is 17.5 Å². The molecule has 1 atom stereocenters. The summed E-state index contributed by atoms with van der Waals surface area (Å²) in [7, 11) is 4.49. The van der Waals surface area contributed by atoms with Crippen molar-refractivity contribution in [3.63, 3.8) is 0 Å². The molecule has 1 saturated heterocycles. The number of hydrogen-bond donors (Lipinski definition) is 1. The van der Waals surface area contributed by atoms with Crippen molar-refractivity contribution in [2.24, 2.45) is 0 Å². The van der Waals surface area contributed by atoms with E-state index in [2.05, 4.69) is 5.32 Å². The number of carbonyl (C=O) groups excluding carboxylic acids is 2. The van der Waals surface area contributed by atoms with Gasteiger partial charge in [-0.3, -0.25) is 14.5 Å². The van der Waals surface area contributed by atoms with Crippen molar-refractivity contribution in [1.29, 1.82) is 0 Å². The van der Waals surface area contributed by atoms with Crippen LogP contribution >= 0.6 is 0 Å². The molecule has 0 aliphatic carbocycles. The van der Waals surface area contributed by atoms with Crippen LogP contribution in [-0.2, 0) is 9.59 Å². The van der Waals surface area contributed by atoms with E-state index in [0.29, 0.717) is 22.9 Å². The van der Waals surface area contributed by atoms with Crippen molar-refractivity contribution in [1.82, 2.24) is 5.32 Å². The van der Waals surface area contributed by atoms with Gasteiger partial charge in [0.1, 0.15) is 6.04 Å². The van der Waals surface area contributed by atoms with Crippen LogP contribution in [0.25, 0.3) is 0 Å². The number of nitrogens with one attached hydrogen (secondary N) is 1. The fraction of sp³-hybridized carbons (Fsp3) is 0.429. The molecule has 0 radical (unpaired) electrons. The molecule has 0 saturated carbocycles. The molecule has 1 unspecified atom stereocenters. The average Bonchev–Trinajstić information content (AvgIpc) is 2.50. The highest BCUT2D eigenvalue weighted by Gasteiger charge is 2.33. The maximum atomic E-state index is 12.1. The van der Waals surface area contributed by atoms with Crippen LogP contribution in [0.1, 0.15) is 6.92 Å². The Morgan fingerprint density at radius 2 is 1.67 bits per heavy atom. The van der Waals surface area contributed by atoms with Gasteiger partial charge in [-0.25, -0.2) is 0 Å². The molecule has 0 bridgehead atoms. The van der Waals surface area contributed by atoms with Gasteiger partial charge in [-0.2, -0.15) is 0 Å². The maximum Gasteiger partial charge on any atom is 0.247 e. The number of anilines is 1. The molecule has 2 rings (SSSR count). The summed E-state index contributed by atoms with van der Waals surface area (Å²) in [5, 5.41) is 2.54. The molecule has 7 nitrogen and oxygen atoms in total. The molecule has 1 aromatic rings. The summed E-state index contributed by atoms with van der Waals surface area (Å²) < 4.78 is 15.8. The van der Waals surface area contributed by atoms with Crippen molar-refractivity contribution in [3.05, 3.63) is 12.1 Å². The van der Waals surface area contributed by atoms with Gasteiger partial charge in [0.25, 0.3) is 0 Å². The molecule has 1 aliphatic heterocycles. The van der Waals surface area contributed by atoms with E-state index in [1.807, 2.05) is 0 Å². The second kappa shape index (κ2) is 5.90. The topological polar surface area (TPSA) is 77.1 Å². The number of hydrogen-bond acceptors (Lipinski definition) is 5. The third-order valence-electron chi connectivity index (χ3n) is 3.38. The molecule has 114 valence electrons. The zero-order chi connectivity index (χ0) is 15.6. The van der Waals surface area contributed by atoms with Crippen LogP contribution < -0.4 is 24.4 Å². The van der Waals surface area contributed by atoms with Crippen LogP contribution in [0.5, 0.6) is 17.2 Å². The van der Waals surface area contributed by atoms with E-state index in [9.17, 15) is 9.59 Å². The van der Waals surface area contributed by atoms with Crippen LogP contribution in [0.2, 0.25) is 0 Å². The summed E-state index contributed by atoms with van der Waals surface area (Å²) in [6.07, 6.45) is 0. The molecule has 2 amide bonds. The van der Waals surface area contributed by atoms with E-state index in [-0.39, 0.29) is 18.4 Å². The minimum absolute atomic E-state index is 0.0279. The first-order valence-electron chi connectivity index (χ1n) is 6.43. The molecule has 1 fully saturated rings. The lowest BCUT2D eigenvalue weighted by Crippen LogP contribution is -2.57. The first kappa shape index (κ1) is 15.0. The number of rotatable bonds is 4. The fourth-order valence-corrected chi connectivity index (χ4v) is 2.30. The quantitative estimate of drug-likeness (QED) is 0.878. The van der Waals surface area contributed by atoms with E-state index in [1.165, 1.54) is 26.2 Å². The van der Waals surface area contributed by atoms with Crippen LogP contribution in [0.15, 0.2) is 12.1 Å². The first-order chi connectivity index (χ1) is 10.0. The molecule has 0 spiro atoms. The minimum Gasteiger partial charge on any atom is -0.493 e. The normalized spacial score (nSPS) is 18.3. The van der Waals surface area contributed by atoms with Gasteiger partial charge in [-0.15, -0.1) is 0 Å². The summed E-state index contributed by atoms with van der Waals surface area (Å²) >= 11 is 0. The molecular formula is C14H18N2O5. The lowest BCUT2D eigenvalue weighted by atomic mass is 10.1. The average molecular weight is 294 g/mol. The van der Waals surface area contributed by atoms with Gasteiger partial charge in [-0.05, 0) is 6.92 Å². The number of methoxy groups -OCH3 is 3. The number of ether oxygens (including phenoxy) is 3. The summed E-state index contributed by atoms with van der Waals surface area (Å²) in [4.78, 5) is 25.3. The Morgan fingerprint density at radius 1 is 1.10 bits per heavy atom. The summed E-state index contributed by atoms with van der Waals surface area (Å²) in [5.74, 6) is 0.890. The standard InChI is InChI=1S/C14H18N2O5/c1-8-14(18)15-7-12(17)16(8)9-5-10(19-2)13(21-4)11(6-9)20-3/h5-6,8H,7H2,1-4H3,(H,15,18). The van der Waals surface area contributed by atoms with Gasteiger partial charge in [0, 0.05) is 12.1 Å². The first-order valence-corrected chi connectivity index (χ1v) is 6.43. The van der Waals surface area contributed by atoms with Gasteiger partial charge in [-0.1, -0.05) is 0 Å². The molecule has 0 aromatic heterocycles. The van der Waals surface area contributed by atoms with Gasteiger partial charge >= 0.3 is 0 Å². The Morgan fingerprint density at radius 3 is 2.14 bits per heavy atom. The third-order valence-corrected chi connectivity index (χ3v) is 3.38. The molecule has 7 heteroatoms. The predicted molar refractivity (Wildman–Crippen MR) is 76.1 cm³/mol. The summed E-state index contributed by atoms with van der Waals surface area (Å²) in [6, 6.07) is 2.69. The summed E-state index contributed by atoms with van der Waals surface area (Å²) in [5.41, 5.74) is 0.525. The smallest absolute Gasteiger partial charge is 0.247 e. The summed E-state index contributed by atoms with van der Waals surface area (Å²) in [6.45, 7) is 1.63. The second-order valence-electron chi connectivity index (χ2n) is 4.54. The number of amides is 2. The number of carbonyl (C=O) groups is 2. The highest BCUT2D eigenvalue weighted by atomic mass is 16.5. The van der Waals surface area contributed by atoms with Crippen molar-refractivity contribution < 1.29 is 23.8 Å². The van der Waals surface area contributed by atoms with Crippen molar-refractivity contribution in [2.75, 3.05) is 32.8 Å². The Labute approximate surface area is 122 Å². The molecule has 1 heterocycles. The van der Waals surface area contributed by atoms with Crippen LogP contribution in [0.3, 0.4) is 0 Å². The Kier molecular flexibility index (Phi) is 4.21. The fourth-order valence-electron chi connectivity index (χ4n) is 2.30. The van der Waals surface area contributed by atoms with Crippen LogP contribution in [-0.4, -0.2) is 45.7 Å². The lowest BCUT2D eigenvalue weighted by molar-refractivity contribution is -0.130. The van der Waals surface area contributed by atoms with Gasteiger partial charge < -0.3 is 19.5 Å². The monoisotopic (exact) mass is 294 g/mol. The Balaban J connectivity index is 2.52. The van der Waals surface area contributed by atoms with Gasteiger partial charge in [0.15, 0.2) is 11.5 Å². The highest BCUT2D eigenvalue weighted by Crippen LogP contribution is 2.41. The maximum absolute atomic E-state index is 12.1. The zero-order valence-electron chi connectivity index (χ0n) is 12.4. The van der Waals surface area contributed by atoms with Crippen LogP contribution in [0, 0.1) is 0 Å². The zero-order valence-corrected chi connectivity index (χ0v) is 12.4. The Hall–Kier alpha value is -2.44. The van der Waals surface area contributed by atoms with Crippen LogP contribution in [0.4, 0.5) is 5.69 Å². The van der Waals surface area contributed by atoms with Gasteiger partial charge in [0.05, 0.1) is 33.6 Å². The van der Waals surface area contributed by atoms with E-state index in [1.54, 1.807) is 19.1 Å². The molecule has 1 aliphatic rings. The number of piperazine rings is 1. The van der Waals surface area contributed by atoms with E-state index < -0.39 is 6.04 Å². The SMILES string of the molecule is COc1cc(N2C(=O)CNC(=O)C2C)cc(OC)c1OC. The molecule has 1 N–H and O–H groups in total. The highest BCUT2D eigenvalue weighted by molar-refractivity contribution is 6.06.